The summed E-state index contributed by atoms with van der Waals surface area (Å²) in [6.45, 7) is 0. The van der Waals surface area contributed by atoms with Gasteiger partial charge in [0.2, 0.25) is 5.91 Å². The van der Waals surface area contributed by atoms with Crippen LogP contribution < -0.4 is 20.5 Å². The predicted molar refractivity (Wildman–Crippen MR) is 107 cm³/mol. The van der Waals surface area contributed by atoms with Gasteiger partial charge in [0.1, 0.15) is 0 Å². The molecular weight excluding hydrogens is 386 g/mol. The molecule has 140 valence electrons. The van der Waals surface area contributed by atoms with E-state index in [1.165, 1.54) is 37.3 Å². The Kier molecular flexibility index (Phi) is 5.82. The number of hydrogen-bond donors (Lipinski definition) is 2. The molecule has 2 amide bonds. The number of rotatable bonds is 7. The Bertz CT molecular complexity index is 1000. The number of nitrogens with zero attached hydrogens (tertiary/aromatic N) is 1. The van der Waals surface area contributed by atoms with Crippen molar-refractivity contribution in [2.24, 2.45) is 5.73 Å². The molecule has 0 saturated carbocycles. The third-order valence-corrected chi connectivity index (χ3v) is 5.79. The first-order valence-corrected chi connectivity index (χ1v) is 9.65. The van der Waals surface area contributed by atoms with E-state index >= 15 is 0 Å². The quantitative estimate of drug-likeness (QED) is 0.588. The maximum atomic E-state index is 12.5. The van der Waals surface area contributed by atoms with Crippen molar-refractivity contribution in [3.63, 3.8) is 0 Å². The molecule has 0 radical (unpaired) electrons. The molecule has 3 N–H and O–H groups in total. The molecule has 1 aromatic heterocycles. The molecule has 0 fully saturated rings. The zero-order valence-electron chi connectivity index (χ0n) is 14.6. The van der Waals surface area contributed by atoms with Crippen LogP contribution in [-0.4, -0.2) is 36.8 Å². The summed E-state index contributed by atoms with van der Waals surface area (Å²) in [6, 6.07) is 10.4. The molecule has 0 aliphatic carbocycles. The van der Waals surface area contributed by atoms with Crippen LogP contribution in [0.5, 0.6) is 11.5 Å². The number of hydrogen-bond acceptors (Lipinski definition) is 7. The lowest BCUT2D eigenvalue weighted by Crippen LogP contribution is -2.12. The minimum absolute atomic E-state index is 0.183. The van der Waals surface area contributed by atoms with Gasteiger partial charge in [0.25, 0.3) is 5.91 Å². The van der Waals surface area contributed by atoms with Gasteiger partial charge in [0.15, 0.2) is 15.8 Å². The van der Waals surface area contributed by atoms with E-state index in [4.69, 9.17) is 15.2 Å². The van der Waals surface area contributed by atoms with E-state index in [1.54, 1.807) is 24.3 Å². The van der Waals surface area contributed by atoms with Gasteiger partial charge in [-0.3, -0.25) is 9.59 Å². The fourth-order valence-electron chi connectivity index (χ4n) is 2.36. The smallest absolute Gasteiger partial charge is 0.255 e. The highest BCUT2D eigenvalue weighted by molar-refractivity contribution is 8.01. The summed E-state index contributed by atoms with van der Waals surface area (Å²) in [5, 5.41) is 2.86. The van der Waals surface area contributed by atoms with Gasteiger partial charge in [-0.15, -0.1) is 11.3 Å². The highest BCUT2D eigenvalue weighted by Crippen LogP contribution is 2.32. The summed E-state index contributed by atoms with van der Waals surface area (Å²) >= 11 is 2.74. The number of nitrogens with one attached hydrogen (secondary N) is 1. The first kappa shape index (κ1) is 19.0. The van der Waals surface area contributed by atoms with Gasteiger partial charge >= 0.3 is 0 Å². The number of thiazole rings is 1. The average molecular weight is 403 g/mol. The number of fused-ring (bicyclic) bond motifs is 1. The van der Waals surface area contributed by atoms with Crippen LogP contribution in [0.1, 0.15) is 10.4 Å². The zero-order valence-corrected chi connectivity index (χ0v) is 16.3. The SMILES string of the molecule is COc1ccc(C(=O)Nc2ccc3nc(SCC(N)=O)sc3c2)cc1OC. The van der Waals surface area contributed by atoms with E-state index in [9.17, 15) is 9.59 Å². The number of ether oxygens (including phenoxy) is 2. The number of amides is 2. The summed E-state index contributed by atoms with van der Waals surface area (Å²) < 4.78 is 12.1. The van der Waals surface area contributed by atoms with E-state index in [1.807, 2.05) is 12.1 Å². The van der Waals surface area contributed by atoms with Gasteiger partial charge in [-0.25, -0.2) is 4.98 Å². The predicted octanol–water partition coefficient (Wildman–Crippen LogP) is 3.14. The Morgan fingerprint density at radius 2 is 1.93 bits per heavy atom. The van der Waals surface area contributed by atoms with Gasteiger partial charge in [0, 0.05) is 11.3 Å². The van der Waals surface area contributed by atoms with E-state index in [2.05, 4.69) is 10.3 Å². The Balaban J connectivity index is 1.77. The lowest BCUT2D eigenvalue weighted by atomic mass is 10.2. The lowest BCUT2D eigenvalue weighted by Gasteiger charge is -2.10. The second kappa shape index (κ2) is 8.28. The Labute approximate surface area is 163 Å². The molecule has 2 aromatic carbocycles. The molecule has 3 rings (SSSR count). The van der Waals surface area contributed by atoms with Crippen molar-refractivity contribution in [2.45, 2.75) is 4.34 Å². The number of benzene rings is 2. The van der Waals surface area contributed by atoms with Crippen LogP contribution in [0.4, 0.5) is 5.69 Å². The molecule has 0 aliphatic heterocycles. The molecule has 0 unspecified atom stereocenters. The summed E-state index contributed by atoms with van der Waals surface area (Å²) in [5.74, 6) is 0.577. The second-order valence-electron chi connectivity index (χ2n) is 5.44. The Hall–Kier alpha value is -2.78. The fourth-order valence-corrected chi connectivity index (χ4v) is 4.20. The summed E-state index contributed by atoms with van der Waals surface area (Å²) in [6.07, 6.45) is 0. The highest BCUT2D eigenvalue weighted by Gasteiger charge is 2.12. The molecular formula is C18H17N3O4S2. The number of carbonyl (C=O) groups is 2. The zero-order chi connectivity index (χ0) is 19.4. The molecule has 3 aromatic rings. The molecule has 0 saturated heterocycles. The molecule has 1 heterocycles. The number of carbonyl (C=O) groups excluding carboxylic acids is 2. The van der Waals surface area contributed by atoms with Crippen molar-refractivity contribution in [2.75, 3.05) is 25.3 Å². The Morgan fingerprint density at radius 3 is 2.63 bits per heavy atom. The van der Waals surface area contributed by atoms with Gasteiger partial charge in [-0.1, -0.05) is 11.8 Å². The third kappa shape index (κ3) is 4.50. The highest BCUT2D eigenvalue weighted by atomic mass is 32.2. The fraction of sp³-hybridized carbons (Fsp3) is 0.167. The van der Waals surface area contributed by atoms with Crippen molar-refractivity contribution < 1.29 is 19.1 Å². The van der Waals surface area contributed by atoms with Crippen LogP contribution in [-0.2, 0) is 4.79 Å². The minimum atomic E-state index is -0.387. The van der Waals surface area contributed by atoms with Gasteiger partial charge in [-0.05, 0) is 36.4 Å². The van der Waals surface area contributed by atoms with Crippen molar-refractivity contribution in [1.29, 1.82) is 0 Å². The second-order valence-corrected chi connectivity index (χ2v) is 7.69. The van der Waals surface area contributed by atoms with Crippen LogP contribution in [0.2, 0.25) is 0 Å². The van der Waals surface area contributed by atoms with E-state index in [-0.39, 0.29) is 17.6 Å². The van der Waals surface area contributed by atoms with E-state index in [0.29, 0.717) is 22.7 Å². The topological polar surface area (TPSA) is 104 Å². The summed E-state index contributed by atoms with van der Waals surface area (Å²) in [5.41, 5.74) is 7.07. The van der Waals surface area contributed by atoms with Crippen LogP contribution in [0, 0.1) is 0 Å². The van der Waals surface area contributed by atoms with Crippen molar-refractivity contribution in [3.05, 3.63) is 42.0 Å². The molecule has 0 aliphatic rings. The molecule has 7 nitrogen and oxygen atoms in total. The summed E-state index contributed by atoms with van der Waals surface area (Å²) in [7, 11) is 3.06. The van der Waals surface area contributed by atoms with Crippen LogP contribution in [0.15, 0.2) is 40.7 Å². The van der Waals surface area contributed by atoms with Gasteiger partial charge in [0.05, 0.1) is 30.2 Å². The van der Waals surface area contributed by atoms with Crippen molar-refractivity contribution >= 4 is 50.8 Å². The van der Waals surface area contributed by atoms with E-state index in [0.717, 1.165) is 14.6 Å². The minimum Gasteiger partial charge on any atom is -0.493 e. The number of nitrogens with two attached hydrogens (primary N) is 1. The average Bonchev–Trinajstić information content (AvgIpc) is 3.08. The number of anilines is 1. The lowest BCUT2D eigenvalue weighted by molar-refractivity contribution is -0.115. The monoisotopic (exact) mass is 403 g/mol. The third-order valence-electron chi connectivity index (χ3n) is 3.61. The number of thioether (sulfide) groups is 1. The first-order valence-electron chi connectivity index (χ1n) is 7.85. The molecule has 0 atom stereocenters. The maximum absolute atomic E-state index is 12.5. The Morgan fingerprint density at radius 1 is 1.15 bits per heavy atom. The number of aromatic nitrogens is 1. The first-order chi connectivity index (χ1) is 13.0. The number of primary amides is 1. The van der Waals surface area contributed by atoms with E-state index < -0.39 is 0 Å². The van der Waals surface area contributed by atoms with Crippen molar-refractivity contribution in [1.82, 2.24) is 4.98 Å². The molecule has 9 heteroatoms. The standard InChI is InChI=1S/C18H17N3O4S2/c1-24-13-6-3-10(7-14(13)25-2)17(23)20-11-4-5-12-15(8-11)27-18(21-12)26-9-16(19)22/h3-8H,9H2,1-2H3,(H2,19,22)(H,20,23). The normalized spacial score (nSPS) is 10.6. The molecule has 0 spiro atoms. The van der Waals surface area contributed by atoms with Crippen molar-refractivity contribution in [3.8, 4) is 11.5 Å². The largest absolute Gasteiger partial charge is 0.493 e. The van der Waals surface area contributed by atoms with Gasteiger partial charge in [-0.2, -0.15) is 0 Å². The van der Waals surface area contributed by atoms with Crippen LogP contribution in [0.3, 0.4) is 0 Å². The summed E-state index contributed by atoms with van der Waals surface area (Å²) in [4.78, 5) is 27.9. The number of methoxy groups -OCH3 is 2. The van der Waals surface area contributed by atoms with Crippen LogP contribution in [0.25, 0.3) is 10.2 Å². The maximum Gasteiger partial charge on any atom is 0.255 e. The molecule has 27 heavy (non-hydrogen) atoms. The molecule has 0 bridgehead atoms. The van der Waals surface area contributed by atoms with Crippen LogP contribution >= 0.6 is 23.1 Å². The van der Waals surface area contributed by atoms with Gasteiger partial charge < -0.3 is 20.5 Å².